The predicted octanol–water partition coefficient (Wildman–Crippen LogP) is 1.22. The van der Waals surface area contributed by atoms with Crippen molar-refractivity contribution in [2.75, 3.05) is 0 Å². The molecule has 0 amide bonds. The van der Waals surface area contributed by atoms with Crippen molar-refractivity contribution < 1.29 is 9.90 Å². The fourth-order valence-electron chi connectivity index (χ4n) is 0.132. The fourth-order valence-corrected chi connectivity index (χ4v) is 1.19. The van der Waals surface area contributed by atoms with Crippen molar-refractivity contribution >= 4 is 21.7 Å². The van der Waals surface area contributed by atoms with Gasteiger partial charge >= 0.3 is 5.97 Å². The van der Waals surface area contributed by atoms with E-state index < -0.39 is 5.97 Å². The van der Waals surface area contributed by atoms with Gasteiger partial charge in [0.05, 0.1) is 0 Å². The van der Waals surface area contributed by atoms with Gasteiger partial charge in [0.15, 0.2) is 0 Å². The lowest BCUT2D eigenvalue weighted by Gasteiger charge is -1.74. The Bertz CT molecular complexity index is 102. The summed E-state index contributed by atoms with van der Waals surface area (Å²) in [6.07, 6.45) is 0. The monoisotopic (exact) mass is 120 g/mol. The predicted molar refractivity (Wildman–Crippen MR) is 25.3 cm³/mol. The average Bonchev–Trinajstić information content (AvgIpc) is 2.06. The van der Waals surface area contributed by atoms with Gasteiger partial charge in [0.25, 0.3) is 0 Å². The molecule has 0 saturated carbocycles. The van der Waals surface area contributed by atoms with E-state index in [-0.39, 0.29) is 5.40 Å². The highest BCUT2D eigenvalue weighted by atomic mass is 31.8. The Morgan fingerprint density at radius 2 is 2.17 bits per heavy atom. The molecule has 0 atom stereocenters. The summed E-state index contributed by atoms with van der Waals surface area (Å²) in [4.78, 5) is 9.75. The standard InChI is InChI=1S/C2H2O2P2/c3-1(4)2-5-6-2/h2H,(H,3,4). The average molecular weight is 120 g/mol. The van der Waals surface area contributed by atoms with Crippen LogP contribution in [0, 0.1) is 0 Å². The minimum Gasteiger partial charge on any atom is -0.480 e. The minimum absolute atomic E-state index is 0.0370. The smallest absolute Gasteiger partial charge is 0.324 e. The molecular formula is C2H2O2P2. The van der Waals surface area contributed by atoms with Crippen LogP contribution in [0.1, 0.15) is 0 Å². The lowest BCUT2D eigenvalue weighted by atomic mass is 10.8. The van der Waals surface area contributed by atoms with Crippen LogP contribution >= 0.6 is 15.7 Å². The van der Waals surface area contributed by atoms with E-state index in [0.29, 0.717) is 0 Å². The summed E-state index contributed by atoms with van der Waals surface area (Å²) in [5, 5.41) is 8.00. The van der Waals surface area contributed by atoms with Crippen LogP contribution in [-0.4, -0.2) is 16.5 Å². The molecule has 1 rings (SSSR count). The Hall–Kier alpha value is 0.0700. The zero-order valence-corrected chi connectivity index (χ0v) is 4.62. The molecule has 0 spiro atoms. The molecule has 1 aliphatic heterocycles. The topological polar surface area (TPSA) is 37.3 Å². The first-order chi connectivity index (χ1) is 2.80. The molecule has 1 N–H and O–H groups in total. The molecule has 6 heavy (non-hydrogen) atoms. The van der Waals surface area contributed by atoms with Crippen LogP contribution in [-0.2, 0) is 4.79 Å². The normalized spacial score (nSPS) is 32.3. The van der Waals surface area contributed by atoms with E-state index in [4.69, 9.17) is 5.11 Å². The Balaban J connectivity index is 2.35. The Kier molecular flexibility index (Phi) is 0.910. The van der Waals surface area contributed by atoms with Crippen molar-refractivity contribution in [3.63, 3.8) is 0 Å². The molecule has 0 aromatic carbocycles. The number of rotatable bonds is 1. The van der Waals surface area contributed by atoms with E-state index in [1.165, 1.54) is 0 Å². The van der Waals surface area contributed by atoms with E-state index in [0.717, 1.165) is 15.7 Å². The van der Waals surface area contributed by atoms with E-state index in [1.54, 1.807) is 0 Å². The van der Waals surface area contributed by atoms with Crippen molar-refractivity contribution in [2.24, 2.45) is 0 Å². The van der Waals surface area contributed by atoms with Crippen LogP contribution < -0.4 is 0 Å². The summed E-state index contributed by atoms with van der Waals surface area (Å²) < 4.78 is 0. The van der Waals surface area contributed by atoms with Crippen molar-refractivity contribution in [3.8, 4) is 0 Å². The molecule has 1 aliphatic rings. The molecule has 0 unspecified atom stereocenters. The van der Waals surface area contributed by atoms with Gasteiger partial charge in [0.2, 0.25) is 0 Å². The fraction of sp³-hybridized carbons (Fsp3) is 0.500. The summed E-state index contributed by atoms with van der Waals surface area (Å²) in [7, 11) is 2.13. The molecule has 0 saturated heterocycles. The highest BCUT2D eigenvalue weighted by Gasteiger charge is 2.21. The maximum Gasteiger partial charge on any atom is 0.324 e. The third-order valence-electron chi connectivity index (χ3n) is 0.452. The van der Waals surface area contributed by atoms with Gasteiger partial charge in [-0.05, 0) is 15.7 Å². The number of hydrogen-bond acceptors (Lipinski definition) is 1. The molecule has 4 heteroatoms. The van der Waals surface area contributed by atoms with Gasteiger partial charge in [-0.3, -0.25) is 4.79 Å². The first kappa shape index (κ1) is 4.23. The third kappa shape index (κ3) is 0.767. The number of aliphatic carboxylic acids is 1. The Labute approximate surface area is 38.0 Å². The van der Waals surface area contributed by atoms with Gasteiger partial charge in [-0.1, -0.05) is 0 Å². The zero-order valence-electron chi connectivity index (χ0n) is 2.83. The summed E-state index contributed by atoms with van der Waals surface area (Å²) >= 11 is 0. The van der Waals surface area contributed by atoms with E-state index in [1.807, 2.05) is 0 Å². The molecule has 32 valence electrons. The van der Waals surface area contributed by atoms with Crippen molar-refractivity contribution in [1.82, 2.24) is 0 Å². The maximum absolute atomic E-state index is 9.75. The van der Waals surface area contributed by atoms with Crippen molar-refractivity contribution in [1.29, 1.82) is 0 Å². The molecule has 1 heterocycles. The lowest BCUT2D eigenvalue weighted by molar-refractivity contribution is -0.134. The van der Waals surface area contributed by atoms with E-state index >= 15 is 0 Å². The molecule has 2 nitrogen and oxygen atoms in total. The highest BCUT2D eigenvalue weighted by molar-refractivity contribution is 8.03. The second-order valence-electron chi connectivity index (χ2n) is 0.943. The minimum atomic E-state index is -0.654. The van der Waals surface area contributed by atoms with Gasteiger partial charge < -0.3 is 5.11 Å². The Morgan fingerprint density at radius 3 is 2.17 bits per heavy atom. The van der Waals surface area contributed by atoms with Crippen LogP contribution in [0.15, 0.2) is 0 Å². The van der Waals surface area contributed by atoms with E-state index in [9.17, 15) is 4.79 Å². The number of hydrogen-bond donors (Lipinski definition) is 1. The van der Waals surface area contributed by atoms with E-state index in [2.05, 4.69) is 0 Å². The summed E-state index contributed by atoms with van der Waals surface area (Å²) in [6.45, 7) is 0. The van der Waals surface area contributed by atoms with Gasteiger partial charge in [-0.25, -0.2) is 0 Å². The molecular weight excluding hydrogens is 118 g/mol. The van der Waals surface area contributed by atoms with Crippen molar-refractivity contribution in [2.45, 2.75) is 5.40 Å². The third-order valence-corrected chi connectivity index (χ3v) is 2.74. The lowest BCUT2D eigenvalue weighted by Crippen LogP contribution is -1.97. The van der Waals surface area contributed by atoms with Crippen LogP contribution in [0.25, 0.3) is 0 Å². The SMILES string of the molecule is O=C(O)C1P=P1. The molecule has 0 aliphatic carbocycles. The molecule has 0 fully saturated rings. The molecule has 0 aromatic heterocycles. The van der Waals surface area contributed by atoms with Gasteiger partial charge in [-0.15, -0.1) is 0 Å². The highest BCUT2D eigenvalue weighted by Crippen LogP contribution is 2.47. The first-order valence-electron chi connectivity index (χ1n) is 1.43. The van der Waals surface area contributed by atoms with Crippen LogP contribution in [0.2, 0.25) is 0 Å². The van der Waals surface area contributed by atoms with Crippen LogP contribution in [0.3, 0.4) is 0 Å². The van der Waals surface area contributed by atoms with Gasteiger partial charge in [-0.2, -0.15) is 0 Å². The summed E-state index contributed by atoms with van der Waals surface area (Å²) in [5.41, 5.74) is 0. The molecule has 0 bridgehead atoms. The van der Waals surface area contributed by atoms with Crippen LogP contribution in [0.4, 0.5) is 0 Å². The number of carboxylic acid groups (broad SMARTS) is 1. The largest absolute Gasteiger partial charge is 0.480 e. The van der Waals surface area contributed by atoms with Gasteiger partial charge in [0, 0.05) is 0 Å². The molecule has 0 radical (unpaired) electrons. The van der Waals surface area contributed by atoms with Crippen molar-refractivity contribution in [3.05, 3.63) is 0 Å². The number of carboxylic acids is 1. The summed E-state index contributed by atoms with van der Waals surface area (Å²) in [6, 6.07) is 0. The summed E-state index contributed by atoms with van der Waals surface area (Å²) in [5.74, 6) is -0.654. The number of carbonyl (C=O) groups is 1. The van der Waals surface area contributed by atoms with Gasteiger partial charge in [0.1, 0.15) is 5.40 Å². The maximum atomic E-state index is 9.75. The Morgan fingerprint density at radius 1 is 1.67 bits per heavy atom. The van der Waals surface area contributed by atoms with Crippen LogP contribution in [0.5, 0.6) is 0 Å². The second-order valence-corrected chi connectivity index (χ2v) is 4.23. The first-order valence-corrected chi connectivity index (χ1v) is 4.07. The zero-order chi connectivity index (χ0) is 4.57. The molecule has 0 aromatic rings. The second kappa shape index (κ2) is 1.29. The quantitative estimate of drug-likeness (QED) is 0.528.